The molecule has 0 bridgehead atoms. The monoisotopic (exact) mass is 218 g/mol. The van der Waals surface area contributed by atoms with Crippen molar-refractivity contribution >= 4 is 29.2 Å². The Morgan fingerprint density at radius 1 is 1.31 bits per heavy atom. The smallest absolute Gasteiger partial charge is 0.326 e. The maximum absolute atomic E-state index is 10.9. The van der Waals surface area contributed by atoms with Gasteiger partial charge in [0, 0.05) is 5.56 Å². The minimum atomic E-state index is -0.473. The van der Waals surface area contributed by atoms with Crippen LogP contribution in [0.2, 0.25) is 0 Å². The zero-order chi connectivity index (χ0) is 9.68. The van der Waals surface area contributed by atoms with E-state index in [1.165, 1.54) is 0 Å². The molecule has 0 saturated heterocycles. The normalized spacial score (nSPS) is 9.69. The van der Waals surface area contributed by atoms with Crippen LogP contribution in [-0.2, 0) is 10.7 Å². The largest absolute Gasteiger partial charge is 0.425 e. The Balaban J connectivity index is 2.81. The SMILES string of the molecule is O=C(CCl)Oc1ccccc1CCl. The third-order valence-corrected chi connectivity index (χ3v) is 1.96. The highest BCUT2D eigenvalue weighted by molar-refractivity contribution is 6.26. The summed E-state index contributed by atoms with van der Waals surface area (Å²) >= 11 is 10.9. The molecule has 0 aromatic heterocycles. The number of hydrogen-bond donors (Lipinski definition) is 0. The molecule has 1 rings (SSSR count). The van der Waals surface area contributed by atoms with Gasteiger partial charge in [-0.05, 0) is 6.07 Å². The van der Waals surface area contributed by atoms with E-state index in [1.54, 1.807) is 18.2 Å². The number of rotatable bonds is 3. The number of alkyl halides is 2. The number of halogens is 2. The van der Waals surface area contributed by atoms with E-state index in [9.17, 15) is 4.79 Å². The molecule has 0 fully saturated rings. The van der Waals surface area contributed by atoms with Gasteiger partial charge < -0.3 is 4.74 Å². The van der Waals surface area contributed by atoms with Gasteiger partial charge in [0.05, 0.1) is 5.88 Å². The third kappa shape index (κ3) is 2.90. The molecular formula is C9H8Cl2O2. The van der Waals surface area contributed by atoms with Crippen LogP contribution >= 0.6 is 23.2 Å². The molecule has 0 aliphatic heterocycles. The molecule has 0 saturated carbocycles. The van der Waals surface area contributed by atoms with Gasteiger partial charge in [-0.3, -0.25) is 4.79 Å². The van der Waals surface area contributed by atoms with E-state index >= 15 is 0 Å². The molecule has 0 amide bonds. The molecule has 0 spiro atoms. The van der Waals surface area contributed by atoms with Crippen LogP contribution in [0.5, 0.6) is 5.75 Å². The first kappa shape index (κ1) is 10.4. The summed E-state index contributed by atoms with van der Waals surface area (Å²) in [5.74, 6) is 0.157. The number of carbonyl (C=O) groups excluding carboxylic acids is 1. The van der Waals surface area contributed by atoms with Crippen LogP contribution in [0.4, 0.5) is 0 Å². The van der Waals surface area contributed by atoms with E-state index in [2.05, 4.69) is 0 Å². The fraction of sp³-hybridized carbons (Fsp3) is 0.222. The molecule has 0 aliphatic rings. The Morgan fingerprint density at radius 3 is 2.62 bits per heavy atom. The lowest BCUT2D eigenvalue weighted by molar-refractivity contribution is -0.131. The van der Waals surface area contributed by atoms with E-state index < -0.39 is 5.97 Å². The summed E-state index contributed by atoms with van der Waals surface area (Å²) in [6, 6.07) is 7.08. The van der Waals surface area contributed by atoms with Gasteiger partial charge in [0.1, 0.15) is 11.6 Å². The number of esters is 1. The number of benzene rings is 1. The number of carbonyl (C=O) groups is 1. The average Bonchev–Trinajstić information content (AvgIpc) is 2.18. The molecular weight excluding hydrogens is 211 g/mol. The van der Waals surface area contributed by atoms with Gasteiger partial charge in [-0.15, -0.1) is 23.2 Å². The Morgan fingerprint density at radius 2 is 2.00 bits per heavy atom. The van der Waals surface area contributed by atoms with Crippen molar-refractivity contribution in [3.05, 3.63) is 29.8 Å². The molecule has 0 radical (unpaired) electrons. The maximum Gasteiger partial charge on any atom is 0.326 e. The average molecular weight is 219 g/mol. The summed E-state index contributed by atoms with van der Waals surface area (Å²) in [5, 5.41) is 0. The van der Waals surface area contributed by atoms with Crippen LogP contribution in [0.1, 0.15) is 5.56 Å². The first-order valence-corrected chi connectivity index (χ1v) is 4.75. The highest BCUT2D eigenvalue weighted by atomic mass is 35.5. The van der Waals surface area contributed by atoms with Crippen LogP contribution < -0.4 is 4.74 Å². The molecule has 70 valence electrons. The van der Waals surface area contributed by atoms with E-state index in [-0.39, 0.29) is 5.88 Å². The molecule has 0 aliphatic carbocycles. The van der Waals surface area contributed by atoms with E-state index in [4.69, 9.17) is 27.9 Å². The van der Waals surface area contributed by atoms with Gasteiger partial charge >= 0.3 is 5.97 Å². The predicted molar refractivity (Wildman–Crippen MR) is 52.4 cm³/mol. The summed E-state index contributed by atoms with van der Waals surface area (Å²) in [6.07, 6.45) is 0. The third-order valence-electron chi connectivity index (χ3n) is 1.45. The number of para-hydroxylation sites is 1. The molecule has 2 nitrogen and oxygen atoms in total. The van der Waals surface area contributed by atoms with Crippen LogP contribution in [0, 0.1) is 0 Å². The fourth-order valence-corrected chi connectivity index (χ4v) is 1.14. The lowest BCUT2D eigenvalue weighted by Crippen LogP contribution is -2.09. The molecule has 0 unspecified atom stereocenters. The molecule has 1 aromatic rings. The first-order chi connectivity index (χ1) is 6.27. The zero-order valence-electron chi connectivity index (χ0n) is 6.80. The second-order valence-corrected chi connectivity index (χ2v) is 2.88. The van der Waals surface area contributed by atoms with Crippen LogP contribution in [0.3, 0.4) is 0 Å². The minimum Gasteiger partial charge on any atom is -0.425 e. The first-order valence-electron chi connectivity index (χ1n) is 3.68. The summed E-state index contributed by atoms with van der Waals surface area (Å²) in [6.45, 7) is 0. The minimum absolute atomic E-state index is 0.156. The van der Waals surface area contributed by atoms with Crippen molar-refractivity contribution in [2.45, 2.75) is 5.88 Å². The van der Waals surface area contributed by atoms with Crippen LogP contribution in [0.15, 0.2) is 24.3 Å². The van der Waals surface area contributed by atoms with E-state index in [1.807, 2.05) is 6.07 Å². The van der Waals surface area contributed by atoms with Crippen LogP contribution in [-0.4, -0.2) is 11.8 Å². The van der Waals surface area contributed by atoms with E-state index in [0.29, 0.717) is 11.6 Å². The quantitative estimate of drug-likeness (QED) is 0.443. The Labute approximate surface area is 86.4 Å². The highest BCUT2D eigenvalue weighted by Crippen LogP contribution is 2.19. The predicted octanol–water partition coefficient (Wildman–Crippen LogP) is 2.57. The molecule has 13 heavy (non-hydrogen) atoms. The molecule has 0 heterocycles. The summed E-state index contributed by atoms with van der Waals surface area (Å²) in [5.41, 5.74) is 0.780. The van der Waals surface area contributed by atoms with Crippen molar-refractivity contribution in [3.63, 3.8) is 0 Å². The van der Waals surface area contributed by atoms with Crippen LogP contribution in [0.25, 0.3) is 0 Å². The van der Waals surface area contributed by atoms with Gasteiger partial charge in [-0.2, -0.15) is 0 Å². The summed E-state index contributed by atoms with van der Waals surface area (Å²) in [4.78, 5) is 10.9. The zero-order valence-corrected chi connectivity index (χ0v) is 8.31. The van der Waals surface area contributed by atoms with Crippen molar-refractivity contribution in [1.29, 1.82) is 0 Å². The standard InChI is InChI=1S/C9H8Cl2O2/c10-5-7-3-1-2-4-8(7)13-9(12)6-11/h1-4H,5-6H2. The Hall–Kier alpha value is -0.730. The molecule has 1 aromatic carbocycles. The fourth-order valence-electron chi connectivity index (χ4n) is 0.864. The van der Waals surface area contributed by atoms with E-state index in [0.717, 1.165) is 5.56 Å². The van der Waals surface area contributed by atoms with Crippen molar-refractivity contribution in [2.24, 2.45) is 0 Å². The van der Waals surface area contributed by atoms with Gasteiger partial charge in [0.2, 0.25) is 0 Å². The van der Waals surface area contributed by atoms with Crippen molar-refractivity contribution in [1.82, 2.24) is 0 Å². The number of ether oxygens (including phenoxy) is 1. The Bertz CT molecular complexity index is 299. The van der Waals surface area contributed by atoms with Crippen molar-refractivity contribution in [2.75, 3.05) is 5.88 Å². The Kier molecular flexibility index (Phi) is 4.06. The highest BCUT2D eigenvalue weighted by Gasteiger charge is 2.06. The van der Waals surface area contributed by atoms with Gasteiger partial charge in [-0.1, -0.05) is 18.2 Å². The summed E-state index contributed by atoms with van der Waals surface area (Å²) < 4.78 is 4.93. The topological polar surface area (TPSA) is 26.3 Å². The lowest BCUT2D eigenvalue weighted by Gasteiger charge is -2.05. The molecule has 0 N–H and O–H groups in total. The maximum atomic E-state index is 10.9. The summed E-state index contributed by atoms with van der Waals surface area (Å²) in [7, 11) is 0. The molecule has 0 atom stereocenters. The van der Waals surface area contributed by atoms with Crippen molar-refractivity contribution < 1.29 is 9.53 Å². The lowest BCUT2D eigenvalue weighted by atomic mass is 10.2. The van der Waals surface area contributed by atoms with Gasteiger partial charge in [0.15, 0.2) is 0 Å². The number of hydrogen-bond acceptors (Lipinski definition) is 2. The second-order valence-electron chi connectivity index (χ2n) is 2.35. The molecule has 4 heteroatoms. The van der Waals surface area contributed by atoms with Crippen molar-refractivity contribution in [3.8, 4) is 5.75 Å². The second kappa shape index (κ2) is 5.10. The van der Waals surface area contributed by atoms with Gasteiger partial charge in [-0.25, -0.2) is 0 Å². The van der Waals surface area contributed by atoms with Gasteiger partial charge in [0.25, 0.3) is 0 Å².